The maximum atomic E-state index is 15.1. The summed E-state index contributed by atoms with van der Waals surface area (Å²) in [7, 11) is -2.55. The average Bonchev–Trinajstić information content (AvgIpc) is 2.50. The highest BCUT2D eigenvalue weighted by molar-refractivity contribution is 7.68. The van der Waals surface area contributed by atoms with Gasteiger partial charge in [0, 0.05) is 15.5 Å². The van der Waals surface area contributed by atoms with Gasteiger partial charge in [0.2, 0.25) is 0 Å². The van der Waals surface area contributed by atoms with Crippen LogP contribution in [-0.4, -0.2) is 15.5 Å². The van der Waals surface area contributed by atoms with Crippen LogP contribution in [-0.2, 0) is 4.57 Å². The highest BCUT2D eigenvalue weighted by Crippen LogP contribution is 2.79. The van der Waals surface area contributed by atoms with Crippen molar-refractivity contribution >= 4 is 7.14 Å². The first kappa shape index (κ1) is 23.2. The van der Waals surface area contributed by atoms with E-state index in [1.54, 1.807) is 0 Å². The maximum Gasteiger partial charge on any atom is 0.104 e. The van der Waals surface area contributed by atoms with Crippen LogP contribution in [0.1, 0.15) is 102 Å². The van der Waals surface area contributed by atoms with Gasteiger partial charge in [0.05, 0.1) is 0 Å². The van der Waals surface area contributed by atoms with Crippen LogP contribution < -0.4 is 0 Å². The van der Waals surface area contributed by atoms with E-state index >= 15 is 4.57 Å². The molecule has 1 nitrogen and oxygen atoms in total. The first-order valence-corrected chi connectivity index (χ1v) is 11.5. The number of rotatable bonds is 9. The summed E-state index contributed by atoms with van der Waals surface area (Å²) in [5.41, 5.74) is 0. The van der Waals surface area contributed by atoms with Gasteiger partial charge in [-0.1, -0.05) is 102 Å². The van der Waals surface area contributed by atoms with Crippen molar-refractivity contribution in [2.75, 3.05) is 0 Å². The molecule has 0 saturated carbocycles. The maximum absolute atomic E-state index is 15.1. The van der Waals surface area contributed by atoms with Crippen molar-refractivity contribution in [3.63, 3.8) is 0 Å². The summed E-state index contributed by atoms with van der Waals surface area (Å²) in [6.07, 6.45) is 3.26. The van der Waals surface area contributed by atoms with E-state index in [0.29, 0.717) is 17.8 Å². The third-order valence-corrected chi connectivity index (χ3v) is 14.1. The van der Waals surface area contributed by atoms with Crippen molar-refractivity contribution in [1.29, 1.82) is 0 Å². The molecule has 3 unspecified atom stereocenters. The normalized spacial score (nSPS) is 20.7. The summed E-state index contributed by atoms with van der Waals surface area (Å²) in [6.45, 7) is 27.3. The van der Waals surface area contributed by atoms with E-state index in [0.717, 1.165) is 19.3 Å². The molecule has 0 aliphatic carbocycles. The number of hydrogen-bond donors (Lipinski definition) is 0. The van der Waals surface area contributed by atoms with Crippen molar-refractivity contribution < 1.29 is 4.57 Å². The van der Waals surface area contributed by atoms with Gasteiger partial charge in [-0.15, -0.1) is 0 Å². The molecule has 0 aromatic carbocycles. The molecule has 0 rings (SSSR count). The summed E-state index contributed by atoms with van der Waals surface area (Å²) in [5.74, 6) is 1.37. The molecule has 0 aliphatic heterocycles. The van der Waals surface area contributed by atoms with Gasteiger partial charge in [0.25, 0.3) is 0 Å². The fourth-order valence-corrected chi connectivity index (χ4v) is 11.5. The van der Waals surface area contributed by atoms with Crippen LogP contribution in [0.25, 0.3) is 0 Å². The molecule has 0 amide bonds. The molecule has 0 spiro atoms. The smallest absolute Gasteiger partial charge is 0.104 e. The van der Waals surface area contributed by atoms with Gasteiger partial charge in [0.15, 0.2) is 0 Å². The van der Waals surface area contributed by atoms with E-state index < -0.39 is 7.14 Å². The van der Waals surface area contributed by atoms with Crippen LogP contribution in [0.5, 0.6) is 0 Å². The third kappa shape index (κ3) is 3.47. The zero-order valence-corrected chi connectivity index (χ0v) is 19.1. The molecule has 23 heavy (non-hydrogen) atoms. The standard InChI is InChI=1S/C21H45OP/c1-13-16(4)19(7,8)23(22,20(9,10)17(5)14-2)21(11,12)18(6)15-3/h16-18H,13-15H2,1-12H3. The van der Waals surface area contributed by atoms with Gasteiger partial charge in [-0.25, -0.2) is 0 Å². The van der Waals surface area contributed by atoms with E-state index in [4.69, 9.17) is 0 Å². The predicted molar refractivity (Wildman–Crippen MR) is 108 cm³/mol. The van der Waals surface area contributed by atoms with Gasteiger partial charge in [-0.2, -0.15) is 0 Å². The Morgan fingerprint density at radius 1 is 0.609 bits per heavy atom. The Bertz CT molecular complexity index is 358. The Morgan fingerprint density at radius 3 is 0.913 bits per heavy atom. The summed E-state index contributed by atoms with van der Waals surface area (Å²) >= 11 is 0. The van der Waals surface area contributed by atoms with Crippen LogP contribution in [0, 0.1) is 17.8 Å². The largest absolute Gasteiger partial charge is 0.322 e. The Labute approximate surface area is 147 Å². The van der Waals surface area contributed by atoms with Crippen molar-refractivity contribution in [3.8, 4) is 0 Å². The molecule has 0 aliphatic rings. The van der Waals surface area contributed by atoms with Crippen molar-refractivity contribution in [2.24, 2.45) is 17.8 Å². The van der Waals surface area contributed by atoms with E-state index in [-0.39, 0.29) is 15.5 Å². The lowest BCUT2D eigenvalue weighted by atomic mass is 9.92. The quantitative estimate of drug-likeness (QED) is 0.389. The molecule has 0 aromatic rings. The zero-order valence-electron chi connectivity index (χ0n) is 18.2. The number of hydrogen-bond acceptors (Lipinski definition) is 1. The highest BCUT2D eigenvalue weighted by atomic mass is 31.2. The van der Waals surface area contributed by atoms with E-state index in [2.05, 4.69) is 83.1 Å². The molecular formula is C21H45OP. The Morgan fingerprint density at radius 2 is 0.783 bits per heavy atom. The lowest BCUT2D eigenvalue weighted by Gasteiger charge is -2.58. The van der Waals surface area contributed by atoms with Gasteiger partial charge < -0.3 is 4.57 Å². The molecule has 0 aromatic heterocycles. The summed E-state index contributed by atoms with van der Waals surface area (Å²) in [6, 6.07) is 0. The molecule has 140 valence electrons. The molecule has 0 heterocycles. The Kier molecular flexibility index (Phi) is 7.71. The minimum Gasteiger partial charge on any atom is -0.322 e. The lowest BCUT2D eigenvalue weighted by Crippen LogP contribution is -2.50. The molecule has 0 saturated heterocycles. The highest BCUT2D eigenvalue weighted by Gasteiger charge is 2.62. The van der Waals surface area contributed by atoms with E-state index in [1.807, 2.05) is 0 Å². The molecule has 0 radical (unpaired) electrons. The zero-order chi connectivity index (χ0) is 18.9. The van der Waals surface area contributed by atoms with Crippen LogP contribution in [0.3, 0.4) is 0 Å². The van der Waals surface area contributed by atoms with E-state index in [9.17, 15) is 0 Å². The molecule has 2 heteroatoms. The molecular weight excluding hydrogens is 299 g/mol. The first-order valence-electron chi connectivity index (χ1n) is 9.80. The summed E-state index contributed by atoms with van der Waals surface area (Å²) < 4.78 is 15.1. The summed E-state index contributed by atoms with van der Waals surface area (Å²) in [4.78, 5) is 0. The monoisotopic (exact) mass is 344 g/mol. The molecule has 3 atom stereocenters. The summed E-state index contributed by atoms with van der Waals surface area (Å²) in [5, 5.41) is -0.454. The minimum atomic E-state index is -2.55. The lowest BCUT2D eigenvalue weighted by molar-refractivity contribution is 0.319. The third-order valence-electron chi connectivity index (χ3n) is 7.89. The van der Waals surface area contributed by atoms with Gasteiger partial charge in [-0.05, 0) is 17.8 Å². The van der Waals surface area contributed by atoms with Crippen LogP contribution >= 0.6 is 7.14 Å². The van der Waals surface area contributed by atoms with Gasteiger partial charge >= 0.3 is 0 Å². The minimum absolute atomic E-state index is 0.151. The second-order valence-electron chi connectivity index (χ2n) is 9.50. The van der Waals surface area contributed by atoms with Crippen LogP contribution in [0.2, 0.25) is 0 Å². The fraction of sp³-hybridized carbons (Fsp3) is 1.00. The average molecular weight is 345 g/mol. The fourth-order valence-electron chi connectivity index (χ4n) is 4.66. The first-order chi connectivity index (χ1) is 10.2. The molecule has 0 N–H and O–H groups in total. The second-order valence-corrected chi connectivity index (χ2v) is 14.2. The Hall–Kier alpha value is 0.230. The van der Waals surface area contributed by atoms with E-state index in [1.165, 1.54) is 0 Å². The topological polar surface area (TPSA) is 17.1 Å². The van der Waals surface area contributed by atoms with Crippen molar-refractivity contribution in [1.82, 2.24) is 0 Å². The van der Waals surface area contributed by atoms with Crippen LogP contribution in [0.15, 0.2) is 0 Å². The van der Waals surface area contributed by atoms with Crippen LogP contribution in [0.4, 0.5) is 0 Å². The second kappa shape index (κ2) is 7.63. The van der Waals surface area contributed by atoms with Crippen molar-refractivity contribution in [2.45, 2.75) is 118 Å². The van der Waals surface area contributed by atoms with Gasteiger partial charge in [-0.3, -0.25) is 0 Å². The molecule has 0 bridgehead atoms. The SMILES string of the molecule is CCC(C)C(C)(C)P(=O)(C(C)(C)C(C)CC)C(C)(C)C(C)CC. The molecule has 0 fully saturated rings. The predicted octanol–water partition coefficient (Wildman–Crippen LogP) is 7.82. The Balaban J connectivity index is 6.61. The van der Waals surface area contributed by atoms with Crippen molar-refractivity contribution in [3.05, 3.63) is 0 Å². The van der Waals surface area contributed by atoms with Gasteiger partial charge in [0.1, 0.15) is 7.14 Å².